The number of fused-ring (bicyclic) bond motifs is 1. The van der Waals surface area contributed by atoms with Gasteiger partial charge in [0.05, 0.1) is 11.3 Å². The summed E-state index contributed by atoms with van der Waals surface area (Å²) in [5.41, 5.74) is 0.135. The zero-order chi connectivity index (χ0) is 17.9. The van der Waals surface area contributed by atoms with Crippen molar-refractivity contribution in [2.75, 3.05) is 31.7 Å². The zero-order valence-corrected chi connectivity index (χ0v) is 16.0. The first-order valence-corrected chi connectivity index (χ1v) is 8.72. The first-order valence-electron chi connectivity index (χ1n) is 7.93. The van der Waals surface area contributed by atoms with E-state index in [1.807, 2.05) is 6.92 Å². The van der Waals surface area contributed by atoms with Crippen molar-refractivity contribution in [2.45, 2.75) is 32.8 Å². The first kappa shape index (κ1) is 18.7. The van der Waals surface area contributed by atoms with Gasteiger partial charge in [0.15, 0.2) is 5.60 Å². The average molecular weight is 399 g/mol. The number of carbonyl (C=O) groups is 2. The molecule has 6 nitrogen and oxygen atoms in total. The Morgan fingerprint density at radius 3 is 2.75 bits per heavy atom. The maximum Gasteiger partial charge on any atom is 0.270 e. The van der Waals surface area contributed by atoms with Crippen molar-refractivity contribution in [1.82, 2.24) is 5.32 Å². The average Bonchev–Trinajstić information content (AvgIpc) is 2.51. The molecule has 0 atom stereocenters. The minimum atomic E-state index is -0.952. The molecule has 0 spiro atoms. The molecule has 1 heterocycles. The maximum absolute atomic E-state index is 12.7. The van der Waals surface area contributed by atoms with Gasteiger partial charge in [0.25, 0.3) is 11.8 Å². The Labute approximate surface area is 150 Å². The number of hydrogen-bond acceptors (Lipinski definition) is 4. The fourth-order valence-electron chi connectivity index (χ4n) is 2.61. The number of anilines is 1. The van der Waals surface area contributed by atoms with Gasteiger partial charge in [-0.2, -0.15) is 0 Å². The molecule has 132 valence electrons. The van der Waals surface area contributed by atoms with Crippen molar-refractivity contribution >= 4 is 33.4 Å². The highest BCUT2D eigenvalue weighted by atomic mass is 79.9. The van der Waals surface area contributed by atoms with Gasteiger partial charge >= 0.3 is 0 Å². The fraction of sp³-hybridized carbons (Fsp3) is 0.529. The van der Waals surface area contributed by atoms with Crippen molar-refractivity contribution < 1.29 is 19.1 Å². The lowest BCUT2D eigenvalue weighted by atomic mass is 10.0. The van der Waals surface area contributed by atoms with Crippen LogP contribution < -0.4 is 15.0 Å². The number of rotatable bonds is 6. The molecule has 0 aliphatic carbocycles. The molecule has 0 unspecified atom stereocenters. The highest BCUT2D eigenvalue weighted by Crippen LogP contribution is 2.41. The number of halogens is 1. The van der Waals surface area contributed by atoms with Crippen molar-refractivity contribution in [2.24, 2.45) is 0 Å². The van der Waals surface area contributed by atoms with Crippen LogP contribution in [0.2, 0.25) is 0 Å². The van der Waals surface area contributed by atoms with Gasteiger partial charge in [-0.1, -0.05) is 0 Å². The molecular weight excluding hydrogens is 376 g/mol. The Kier molecular flexibility index (Phi) is 5.87. The number of hydrogen-bond donors (Lipinski definition) is 1. The normalized spacial score (nSPS) is 15.7. The van der Waals surface area contributed by atoms with Crippen LogP contribution in [0, 0.1) is 0 Å². The van der Waals surface area contributed by atoms with E-state index in [1.54, 1.807) is 38.0 Å². The van der Waals surface area contributed by atoms with Crippen LogP contribution in [0.15, 0.2) is 16.6 Å². The van der Waals surface area contributed by atoms with Crippen LogP contribution in [0.4, 0.5) is 5.69 Å². The van der Waals surface area contributed by atoms with Crippen LogP contribution in [0.3, 0.4) is 0 Å². The predicted molar refractivity (Wildman–Crippen MR) is 95.7 cm³/mol. The summed E-state index contributed by atoms with van der Waals surface area (Å²) in [5.74, 6) is 0.258. The number of amides is 2. The lowest BCUT2D eigenvalue weighted by Gasteiger charge is -2.39. The monoisotopic (exact) mass is 398 g/mol. The van der Waals surface area contributed by atoms with Gasteiger partial charge in [-0.3, -0.25) is 9.59 Å². The Bertz CT molecular complexity index is 646. The van der Waals surface area contributed by atoms with Crippen molar-refractivity contribution in [3.05, 3.63) is 22.2 Å². The van der Waals surface area contributed by atoms with E-state index >= 15 is 0 Å². The van der Waals surface area contributed by atoms with Crippen LogP contribution in [0.5, 0.6) is 5.75 Å². The van der Waals surface area contributed by atoms with Crippen LogP contribution in [0.1, 0.15) is 37.6 Å². The summed E-state index contributed by atoms with van der Waals surface area (Å²) in [6.45, 7) is 6.93. The van der Waals surface area contributed by atoms with Gasteiger partial charge in [-0.05, 0) is 55.3 Å². The van der Waals surface area contributed by atoms with E-state index in [1.165, 1.54) is 0 Å². The molecule has 0 aromatic heterocycles. The second kappa shape index (κ2) is 7.53. The molecular formula is C17H23BrN2O4. The number of carbonyl (C=O) groups excluding carboxylic acids is 2. The lowest BCUT2D eigenvalue weighted by molar-refractivity contribution is -0.132. The van der Waals surface area contributed by atoms with Crippen LogP contribution in [-0.4, -0.2) is 44.2 Å². The van der Waals surface area contributed by atoms with Crippen LogP contribution >= 0.6 is 15.9 Å². The molecule has 1 aromatic carbocycles. The maximum atomic E-state index is 12.7. The number of methoxy groups -OCH3 is 1. The third-order valence-corrected chi connectivity index (χ3v) is 4.43. The second-order valence-electron chi connectivity index (χ2n) is 6.07. The van der Waals surface area contributed by atoms with E-state index in [4.69, 9.17) is 9.47 Å². The van der Waals surface area contributed by atoms with Gasteiger partial charge in [0.1, 0.15) is 5.75 Å². The van der Waals surface area contributed by atoms with Crippen LogP contribution in [0.25, 0.3) is 0 Å². The Balaban J connectivity index is 2.45. The van der Waals surface area contributed by atoms with E-state index in [0.717, 1.165) is 0 Å². The number of nitrogens with zero attached hydrogens (tertiary/aromatic N) is 1. The minimum Gasteiger partial charge on any atom is -0.476 e. The van der Waals surface area contributed by atoms with Crippen molar-refractivity contribution in [3.63, 3.8) is 0 Å². The Morgan fingerprint density at radius 2 is 2.12 bits per heavy atom. The summed E-state index contributed by atoms with van der Waals surface area (Å²) in [6.07, 6.45) is 0.699. The van der Waals surface area contributed by atoms with Crippen molar-refractivity contribution in [1.29, 1.82) is 0 Å². The van der Waals surface area contributed by atoms with Gasteiger partial charge in [0.2, 0.25) is 0 Å². The summed E-state index contributed by atoms with van der Waals surface area (Å²) in [7, 11) is 1.63. The summed E-state index contributed by atoms with van der Waals surface area (Å²) in [6, 6.07) is 3.45. The topological polar surface area (TPSA) is 67.9 Å². The molecule has 0 radical (unpaired) electrons. The lowest BCUT2D eigenvalue weighted by Crippen LogP contribution is -2.53. The third-order valence-electron chi connectivity index (χ3n) is 3.78. The quantitative estimate of drug-likeness (QED) is 0.747. The summed E-state index contributed by atoms with van der Waals surface area (Å²) in [4.78, 5) is 26.6. The number of nitrogens with one attached hydrogen (secondary N) is 1. The van der Waals surface area contributed by atoms with E-state index < -0.39 is 5.60 Å². The molecule has 7 heteroatoms. The Hall–Kier alpha value is -1.60. The summed E-state index contributed by atoms with van der Waals surface area (Å²) < 4.78 is 11.6. The molecule has 24 heavy (non-hydrogen) atoms. The van der Waals surface area contributed by atoms with Gasteiger partial charge < -0.3 is 19.7 Å². The third kappa shape index (κ3) is 3.72. The molecule has 0 bridgehead atoms. The molecule has 1 N–H and O–H groups in total. The highest BCUT2D eigenvalue weighted by Gasteiger charge is 2.41. The summed E-state index contributed by atoms with van der Waals surface area (Å²) in [5, 5.41) is 2.77. The highest BCUT2D eigenvalue weighted by molar-refractivity contribution is 9.10. The molecule has 1 aliphatic heterocycles. The molecule has 0 saturated heterocycles. The Morgan fingerprint density at radius 1 is 1.42 bits per heavy atom. The second-order valence-corrected chi connectivity index (χ2v) is 6.93. The zero-order valence-electron chi connectivity index (χ0n) is 14.4. The standard InChI is InChI=1S/C17H23BrN2O4/c1-5-19-15(21)11-9-13-14(10-12(11)18)24-17(2,3)16(22)20(13)7-6-8-23-4/h9-10H,5-8H2,1-4H3,(H,19,21). The van der Waals surface area contributed by atoms with Gasteiger partial charge in [0, 0.05) is 31.3 Å². The molecule has 0 fully saturated rings. The SMILES string of the molecule is CCNC(=O)c1cc2c(cc1Br)OC(C)(C)C(=O)N2CCCOC. The molecule has 0 saturated carbocycles. The number of ether oxygens (including phenoxy) is 2. The van der Waals surface area contributed by atoms with Gasteiger partial charge in [-0.25, -0.2) is 0 Å². The first-order chi connectivity index (χ1) is 11.3. The van der Waals surface area contributed by atoms with Crippen molar-refractivity contribution in [3.8, 4) is 5.75 Å². The minimum absolute atomic E-state index is 0.129. The largest absolute Gasteiger partial charge is 0.476 e. The van der Waals surface area contributed by atoms with E-state index in [9.17, 15) is 9.59 Å². The van der Waals surface area contributed by atoms with Gasteiger partial charge in [-0.15, -0.1) is 0 Å². The smallest absolute Gasteiger partial charge is 0.270 e. The van der Waals surface area contributed by atoms with E-state index in [2.05, 4.69) is 21.2 Å². The van der Waals surface area contributed by atoms with E-state index in [-0.39, 0.29) is 11.8 Å². The van der Waals surface area contributed by atoms with Crippen LogP contribution in [-0.2, 0) is 9.53 Å². The number of benzene rings is 1. The molecule has 1 aliphatic rings. The predicted octanol–water partition coefficient (Wildman–Crippen LogP) is 2.74. The van der Waals surface area contributed by atoms with E-state index in [0.29, 0.717) is 47.6 Å². The fourth-order valence-corrected chi connectivity index (χ4v) is 3.11. The molecule has 1 aromatic rings. The molecule has 2 amide bonds. The summed E-state index contributed by atoms with van der Waals surface area (Å²) >= 11 is 3.42. The molecule has 2 rings (SSSR count).